The molecule has 2 amide bonds. The number of benzene rings is 1. The first-order chi connectivity index (χ1) is 12.1. The van der Waals surface area contributed by atoms with Crippen molar-refractivity contribution < 1.29 is 9.59 Å². The summed E-state index contributed by atoms with van der Waals surface area (Å²) in [5, 5.41) is 2.81. The van der Waals surface area contributed by atoms with E-state index in [-0.39, 0.29) is 11.8 Å². The van der Waals surface area contributed by atoms with Gasteiger partial charge < -0.3 is 10.2 Å². The molecular weight excluding hydrogens is 334 g/mol. The Hall–Kier alpha value is -2.34. The van der Waals surface area contributed by atoms with Crippen LogP contribution in [0.1, 0.15) is 28.8 Å². The zero-order valence-electron chi connectivity index (χ0n) is 14.2. The van der Waals surface area contributed by atoms with Crippen LogP contribution < -0.4 is 5.32 Å². The first-order valence-corrected chi connectivity index (χ1v) is 9.35. The number of rotatable bonds is 5. The molecular formula is C19H21N3O2S. The molecule has 0 spiro atoms. The molecule has 0 atom stereocenters. The van der Waals surface area contributed by atoms with Gasteiger partial charge in [-0.15, -0.1) is 11.8 Å². The van der Waals surface area contributed by atoms with Crippen LogP contribution in [0.15, 0.2) is 47.5 Å². The van der Waals surface area contributed by atoms with Crippen LogP contribution in [-0.2, 0) is 4.79 Å². The van der Waals surface area contributed by atoms with Crippen LogP contribution in [0.3, 0.4) is 0 Å². The molecule has 0 aliphatic carbocycles. The molecule has 6 heteroatoms. The Kier molecular flexibility index (Phi) is 5.71. The first kappa shape index (κ1) is 17.5. The lowest BCUT2D eigenvalue weighted by Gasteiger charge is -2.15. The van der Waals surface area contributed by atoms with E-state index in [1.807, 2.05) is 36.1 Å². The minimum atomic E-state index is -0.215. The Bertz CT molecular complexity index is 756. The number of aryl methyl sites for hydroxylation is 1. The maximum Gasteiger partial charge on any atom is 0.257 e. The van der Waals surface area contributed by atoms with E-state index in [4.69, 9.17) is 0 Å². The van der Waals surface area contributed by atoms with Crippen LogP contribution in [-0.4, -0.2) is 40.5 Å². The summed E-state index contributed by atoms with van der Waals surface area (Å²) in [7, 11) is 0. The van der Waals surface area contributed by atoms with Gasteiger partial charge >= 0.3 is 0 Å². The van der Waals surface area contributed by atoms with Crippen molar-refractivity contribution in [2.45, 2.75) is 24.7 Å². The van der Waals surface area contributed by atoms with Crippen molar-refractivity contribution in [2.75, 3.05) is 24.2 Å². The third-order valence-electron chi connectivity index (χ3n) is 4.09. The Balaban J connectivity index is 1.66. The molecule has 1 saturated heterocycles. The summed E-state index contributed by atoms with van der Waals surface area (Å²) >= 11 is 1.41. The van der Waals surface area contributed by atoms with Gasteiger partial charge in [-0.1, -0.05) is 18.2 Å². The number of carbonyl (C=O) groups excluding carboxylic acids is 2. The molecule has 1 aliphatic rings. The van der Waals surface area contributed by atoms with Gasteiger partial charge in [0.05, 0.1) is 11.3 Å². The van der Waals surface area contributed by atoms with Crippen molar-refractivity contribution in [1.82, 2.24) is 9.88 Å². The number of hydrogen-bond donors (Lipinski definition) is 1. The fraction of sp³-hybridized carbons (Fsp3) is 0.316. The molecule has 1 aromatic heterocycles. The SMILES string of the molecule is Cc1ccc(NC(=O)c2ccccc2SCC(=O)N2CCCC2)nc1. The van der Waals surface area contributed by atoms with Crippen molar-refractivity contribution in [2.24, 2.45) is 0 Å². The highest BCUT2D eigenvalue weighted by Crippen LogP contribution is 2.24. The molecule has 0 radical (unpaired) electrons. The Morgan fingerprint density at radius 2 is 1.92 bits per heavy atom. The third-order valence-corrected chi connectivity index (χ3v) is 5.15. The molecule has 1 aromatic carbocycles. The van der Waals surface area contributed by atoms with Crippen LogP contribution in [0.5, 0.6) is 0 Å². The summed E-state index contributed by atoms with van der Waals surface area (Å²) < 4.78 is 0. The van der Waals surface area contributed by atoms with Crippen molar-refractivity contribution >= 4 is 29.4 Å². The standard InChI is InChI=1S/C19H21N3O2S/c1-14-8-9-17(20-12-14)21-19(24)15-6-2-3-7-16(15)25-13-18(23)22-10-4-5-11-22/h2-3,6-9,12H,4-5,10-11,13H2,1H3,(H,20,21,24). The average molecular weight is 355 g/mol. The van der Waals surface area contributed by atoms with Crippen LogP contribution in [0, 0.1) is 6.92 Å². The van der Waals surface area contributed by atoms with Crippen molar-refractivity contribution in [3.8, 4) is 0 Å². The van der Waals surface area contributed by atoms with E-state index in [1.54, 1.807) is 18.3 Å². The smallest absolute Gasteiger partial charge is 0.257 e. The number of carbonyl (C=O) groups is 2. The van der Waals surface area contributed by atoms with Crippen LogP contribution in [0.2, 0.25) is 0 Å². The van der Waals surface area contributed by atoms with E-state index in [0.29, 0.717) is 17.1 Å². The van der Waals surface area contributed by atoms with Crippen molar-refractivity contribution in [1.29, 1.82) is 0 Å². The monoisotopic (exact) mass is 355 g/mol. The van der Waals surface area contributed by atoms with Crippen LogP contribution in [0.25, 0.3) is 0 Å². The second-order valence-electron chi connectivity index (χ2n) is 6.05. The number of anilines is 1. The van der Waals surface area contributed by atoms with Crippen molar-refractivity contribution in [3.05, 3.63) is 53.7 Å². The lowest BCUT2D eigenvalue weighted by molar-refractivity contribution is -0.127. The molecule has 25 heavy (non-hydrogen) atoms. The number of thioether (sulfide) groups is 1. The highest BCUT2D eigenvalue weighted by Gasteiger charge is 2.19. The number of likely N-dealkylation sites (tertiary alicyclic amines) is 1. The Morgan fingerprint density at radius 1 is 1.16 bits per heavy atom. The van der Waals surface area contributed by atoms with E-state index in [9.17, 15) is 9.59 Å². The Labute approximate surface area is 151 Å². The zero-order chi connectivity index (χ0) is 17.6. The average Bonchev–Trinajstić information content (AvgIpc) is 3.16. The molecule has 0 saturated carbocycles. The fourth-order valence-electron chi connectivity index (χ4n) is 2.70. The lowest BCUT2D eigenvalue weighted by atomic mass is 10.2. The molecule has 130 valence electrons. The highest BCUT2D eigenvalue weighted by atomic mass is 32.2. The normalized spacial score (nSPS) is 13.7. The van der Waals surface area contributed by atoms with Crippen LogP contribution in [0.4, 0.5) is 5.82 Å². The molecule has 1 N–H and O–H groups in total. The zero-order valence-corrected chi connectivity index (χ0v) is 15.0. The van der Waals surface area contributed by atoms with Gasteiger partial charge in [0.25, 0.3) is 5.91 Å². The van der Waals surface area contributed by atoms with Gasteiger partial charge in [0, 0.05) is 24.2 Å². The second kappa shape index (κ2) is 8.16. The minimum Gasteiger partial charge on any atom is -0.342 e. The highest BCUT2D eigenvalue weighted by molar-refractivity contribution is 8.00. The number of hydrogen-bond acceptors (Lipinski definition) is 4. The van der Waals surface area contributed by atoms with Crippen molar-refractivity contribution in [3.63, 3.8) is 0 Å². The molecule has 2 aromatic rings. The summed E-state index contributed by atoms with van der Waals surface area (Å²) in [5.41, 5.74) is 1.60. The van der Waals surface area contributed by atoms with Gasteiger partial charge in [-0.25, -0.2) is 4.98 Å². The van der Waals surface area contributed by atoms with E-state index in [0.717, 1.165) is 36.4 Å². The quantitative estimate of drug-likeness (QED) is 0.836. The van der Waals surface area contributed by atoms with Gasteiger partial charge in [0.15, 0.2) is 0 Å². The summed E-state index contributed by atoms with van der Waals surface area (Å²) in [4.78, 5) is 31.7. The molecule has 1 fully saturated rings. The van der Waals surface area contributed by atoms with Gasteiger partial charge in [-0.3, -0.25) is 9.59 Å². The molecule has 0 unspecified atom stereocenters. The van der Waals surface area contributed by atoms with Gasteiger partial charge in [-0.05, 0) is 43.5 Å². The number of aromatic nitrogens is 1. The minimum absolute atomic E-state index is 0.137. The number of pyridine rings is 1. The fourth-order valence-corrected chi connectivity index (χ4v) is 3.66. The third kappa shape index (κ3) is 4.60. The topological polar surface area (TPSA) is 62.3 Å². The number of nitrogens with zero attached hydrogens (tertiary/aromatic N) is 2. The van der Waals surface area contributed by atoms with E-state index in [1.165, 1.54) is 11.8 Å². The lowest BCUT2D eigenvalue weighted by Crippen LogP contribution is -2.29. The summed E-state index contributed by atoms with van der Waals surface area (Å²) in [6.07, 6.45) is 3.88. The number of amides is 2. The molecule has 2 heterocycles. The molecule has 5 nitrogen and oxygen atoms in total. The summed E-state index contributed by atoms with van der Waals surface area (Å²) in [6, 6.07) is 11.0. The second-order valence-corrected chi connectivity index (χ2v) is 7.06. The Morgan fingerprint density at radius 3 is 2.64 bits per heavy atom. The summed E-state index contributed by atoms with van der Waals surface area (Å²) in [5.74, 6) is 0.794. The largest absolute Gasteiger partial charge is 0.342 e. The predicted molar refractivity (Wildman–Crippen MR) is 99.9 cm³/mol. The van der Waals surface area contributed by atoms with E-state index in [2.05, 4.69) is 10.3 Å². The molecule has 3 rings (SSSR count). The maximum absolute atomic E-state index is 12.6. The number of nitrogens with one attached hydrogen (secondary N) is 1. The van der Waals surface area contributed by atoms with E-state index >= 15 is 0 Å². The summed E-state index contributed by atoms with van der Waals surface area (Å²) in [6.45, 7) is 3.64. The maximum atomic E-state index is 12.6. The first-order valence-electron chi connectivity index (χ1n) is 8.37. The molecule has 0 bridgehead atoms. The van der Waals surface area contributed by atoms with Crippen LogP contribution >= 0.6 is 11.8 Å². The molecule has 1 aliphatic heterocycles. The predicted octanol–water partition coefficient (Wildman–Crippen LogP) is 3.36. The van der Waals surface area contributed by atoms with Gasteiger partial charge in [0.2, 0.25) is 5.91 Å². The van der Waals surface area contributed by atoms with Gasteiger partial charge in [-0.2, -0.15) is 0 Å². The van der Waals surface area contributed by atoms with Gasteiger partial charge in [0.1, 0.15) is 5.82 Å². The van der Waals surface area contributed by atoms with E-state index < -0.39 is 0 Å².